The number of ketones is 2. The first kappa shape index (κ1) is 16.1. The molecule has 0 amide bonds. The molecule has 2 atom stereocenters. The van der Waals surface area contributed by atoms with Crippen molar-refractivity contribution in [3.8, 4) is 0 Å². The topological polar surface area (TPSA) is 69.7 Å². The van der Waals surface area contributed by atoms with Crippen LogP contribution in [0.2, 0.25) is 0 Å². The largest absolute Gasteiger partial charge is 0.492 e. The summed E-state index contributed by atoms with van der Waals surface area (Å²) in [5.74, 6) is -0.784. The van der Waals surface area contributed by atoms with Crippen LogP contribution in [0.15, 0.2) is 17.7 Å². The Balaban J connectivity index is 1.98. The molecule has 5 heteroatoms. The summed E-state index contributed by atoms with van der Waals surface area (Å²) in [6, 6.07) is 3.71. The van der Waals surface area contributed by atoms with Crippen molar-refractivity contribution in [2.45, 2.75) is 38.5 Å². The van der Waals surface area contributed by atoms with E-state index in [9.17, 15) is 14.4 Å². The molecular weight excluding hydrogens is 320 g/mol. The predicted molar refractivity (Wildman–Crippen MR) is 90.1 cm³/mol. The molecule has 2 aliphatic carbocycles. The zero-order valence-electron chi connectivity index (χ0n) is 14.6. The van der Waals surface area contributed by atoms with E-state index in [2.05, 4.69) is 0 Å². The normalized spacial score (nSPS) is 27.4. The molecule has 1 aliphatic heterocycles. The average molecular weight is 340 g/mol. The summed E-state index contributed by atoms with van der Waals surface area (Å²) in [4.78, 5) is 37.9. The Morgan fingerprint density at radius 2 is 2.04 bits per heavy atom. The van der Waals surface area contributed by atoms with Crippen LogP contribution in [-0.2, 0) is 30.9 Å². The van der Waals surface area contributed by atoms with Gasteiger partial charge < -0.3 is 9.47 Å². The third-order valence-electron chi connectivity index (χ3n) is 5.78. The van der Waals surface area contributed by atoms with E-state index in [4.69, 9.17) is 9.47 Å². The van der Waals surface area contributed by atoms with Crippen LogP contribution < -0.4 is 0 Å². The van der Waals surface area contributed by atoms with Gasteiger partial charge in [-0.15, -0.1) is 0 Å². The molecule has 0 radical (unpaired) electrons. The summed E-state index contributed by atoms with van der Waals surface area (Å²) >= 11 is 0. The SMILES string of the molecule is COC(=O)[C@]1(C)CCCc2c1ccc1c2C(=O)C(=O)C2=C1OC[C@H]2C. The van der Waals surface area contributed by atoms with Gasteiger partial charge in [0.05, 0.1) is 24.7 Å². The molecule has 0 N–H and O–H groups in total. The first-order valence-corrected chi connectivity index (χ1v) is 8.61. The van der Waals surface area contributed by atoms with Crippen molar-refractivity contribution in [1.82, 2.24) is 0 Å². The molecule has 1 aromatic rings. The van der Waals surface area contributed by atoms with Crippen LogP contribution in [0.3, 0.4) is 0 Å². The summed E-state index contributed by atoms with van der Waals surface area (Å²) in [6.45, 7) is 4.16. The van der Waals surface area contributed by atoms with E-state index in [1.54, 1.807) is 0 Å². The minimum atomic E-state index is -0.792. The van der Waals surface area contributed by atoms with Gasteiger partial charge in [0.2, 0.25) is 11.6 Å². The number of hydrogen-bond donors (Lipinski definition) is 0. The Labute approximate surface area is 146 Å². The molecule has 130 valence electrons. The maximum absolute atomic E-state index is 12.9. The Kier molecular flexibility index (Phi) is 3.39. The van der Waals surface area contributed by atoms with Gasteiger partial charge in [-0.05, 0) is 37.3 Å². The summed E-state index contributed by atoms with van der Waals surface area (Å²) in [7, 11) is 1.37. The van der Waals surface area contributed by atoms with E-state index in [0.717, 1.165) is 17.5 Å². The fraction of sp³-hybridized carbons (Fsp3) is 0.450. The van der Waals surface area contributed by atoms with Crippen LogP contribution in [-0.4, -0.2) is 31.3 Å². The highest BCUT2D eigenvalue weighted by atomic mass is 16.5. The number of ether oxygens (including phenoxy) is 2. The molecule has 0 unspecified atom stereocenters. The standard InChI is InChI=1S/C20H20O5/c1-10-9-25-18-12-6-7-13-11(15(12)17(22)16(21)14(10)18)5-4-8-20(13,2)19(23)24-3/h6-7,10H,4-5,8-9H2,1-3H3/t10-,20-/m1/s1. The van der Waals surface area contributed by atoms with Crippen molar-refractivity contribution in [2.75, 3.05) is 13.7 Å². The molecule has 0 spiro atoms. The lowest BCUT2D eigenvalue weighted by atomic mass is 9.68. The van der Waals surface area contributed by atoms with E-state index >= 15 is 0 Å². The first-order chi connectivity index (χ1) is 11.9. The van der Waals surface area contributed by atoms with Crippen LogP contribution in [0.1, 0.15) is 53.7 Å². The fourth-order valence-corrected chi connectivity index (χ4v) is 4.44. The predicted octanol–water partition coefficient (Wildman–Crippen LogP) is 2.60. The van der Waals surface area contributed by atoms with Crippen molar-refractivity contribution in [3.05, 3.63) is 40.0 Å². The molecule has 1 heterocycles. The highest BCUT2D eigenvalue weighted by molar-refractivity contribution is 6.52. The first-order valence-electron chi connectivity index (χ1n) is 8.61. The van der Waals surface area contributed by atoms with Gasteiger partial charge in [0, 0.05) is 17.0 Å². The fourth-order valence-electron chi connectivity index (χ4n) is 4.44. The highest BCUT2D eigenvalue weighted by Gasteiger charge is 2.46. The lowest BCUT2D eigenvalue weighted by molar-refractivity contribution is -0.147. The van der Waals surface area contributed by atoms with Crippen molar-refractivity contribution >= 4 is 23.3 Å². The lowest BCUT2D eigenvalue weighted by Crippen LogP contribution is -2.39. The molecule has 25 heavy (non-hydrogen) atoms. The van der Waals surface area contributed by atoms with Gasteiger partial charge in [-0.2, -0.15) is 0 Å². The second kappa shape index (κ2) is 5.28. The Morgan fingerprint density at radius 3 is 2.76 bits per heavy atom. The van der Waals surface area contributed by atoms with Crippen LogP contribution in [0.25, 0.3) is 5.76 Å². The van der Waals surface area contributed by atoms with Crippen LogP contribution in [0.5, 0.6) is 0 Å². The number of carbonyl (C=O) groups excluding carboxylic acids is 3. The highest BCUT2D eigenvalue weighted by Crippen LogP contribution is 2.45. The van der Waals surface area contributed by atoms with E-state index in [-0.39, 0.29) is 11.9 Å². The average Bonchev–Trinajstić information content (AvgIpc) is 3.00. The molecule has 0 saturated heterocycles. The molecule has 0 saturated carbocycles. The van der Waals surface area contributed by atoms with Crippen molar-refractivity contribution in [3.63, 3.8) is 0 Å². The van der Waals surface area contributed by atoms with Gasteiger partial charge in [-0.1, -0.05) is 19.1 Å². The number of carbonyl (C=O) groups is 3. The molecule has 0 fully saturated rings. The third-order valence-corrected chi connectivity index (χ3v) is 5.78. The Morgan fingerprint density at radius 1 is 1.28 bits per heavy atom. The smallest absolute Gasteiger partial charge is 0.316 e. The number of esters is 1. The van der Waals surface area contributed by atoms with E-state index in [0.29, 0.717) is 41.9 Å². The van der Waals surface area contributed by atoms with E-state index in [1.807, 2.05) is 26.0 Å². The number of Topliss-reactive ketones (excluding diaryl/α,β-unsaturated/α-hetero) is 2. The van der Waals surface area contributed by atoms with Crippen LogP contribution >= 0.6 is 0 Å². The maximum Gasteiger partial charge on any atom is 0.316 e. The molecule has 0 bridgehead atoms. The minimum absolute atomic E-state index is 0.0732. The second-order valence-electron chi connectivity index (χ2n) is 7.30. The van der Waals surface area contributed by atoms with Gasteiger partial charge in [0.1, 0.15) is 5.76 Å². The van der Waals surface area contributed by atoms with Crippen molar-refractivity contribution in [1.29, 1.82) is 0 Å². The molecular formula is C20H20O5. The second-order valence-corrected chi connectivity index (χ2v) is 7.30. The molecule has 1 aromatic carbocycles. The van der Waals surface area contributed by atoms with Crippen LogP contribution in [0.4, 0.5) is 0 Å². The molecule has 5 nitrogen and oxygen atoms in total. The lowest BCUT2D eigenvalue weighted by Gasteiger charge is -2.35. The van der Waals surface area contributed by atoms with Gasteiger partial charge in [-0.25, -0.2) is 0 Å². The van der Waals surface area contributed by atoms with Gasteiger partial charge in [0.25, 0.3) is 0 Å². The van der Waals surface area contributed by atoms with Gasteiger partial charge in [0.15, 0.2) is 0 Å². The van der Waals surface area contributed by atoms with Gasteiger partial charge in [-0.3, -0.25) is 14.4 Å². The maximum atomic E-state index is 12.9. The third kappa shape index (κ3) is 1.98. The molecule has 0 aromatic heterocycles. The monoisotopic (exact) mass is 340 g/mol. The molecule has 4 rings (SSSR count). The number of benzene rings is 1. The van der Waals surface area contributed by atoms with Crippen LogP contribution in [0, 0.1) is 5.92 Å². The van der Waals surface area contributed by atoms with E-state index in [1.165, 1.54) is 7.11 Å². The number of fused-ring (bicyclic) bond motifs is 4. The number of hydrogen-bond acceptors (Lipinski definition) is 5. The molecule has 3 aliphatic rings. The van der Waals surface area contributed by atoms with Gasteiger partial charge >= 0.3 is 5.97 Å². The summed E-state index contributed by atoms with van der Waals surface area (Å²) in [5.41, 5.74) is 2.40. The Hall–Kier alpha value is -2.43. The van der Waals surface area contributed by atoms with Crippen molar-refractivity contribution in [2.24, 2.45) is 5.92 Å². The number of methoxy groups -OCH3 is 1. The Bertz CT molecular complexity index is 863. The summed E-state index contributed by atoms with van der Waals surface area (Å²) < 4.78 is 10.7. The number of rotatable bonds is 1. The zero-order valence-corrected chi connectivity index (χ0v) is 14.6. The van der Waals surface area contributed by atoms with E-state index < -0.39 is 17.0 Å². The van der Waals surface area contributed by atoms with Crippen molar-refractivity contribution < 1.29 is 23.9 Å². The quantitative estimate of drug-likeness (QED) is 0.580. The summed E-state index contributed by atoms with van der Waals surface area (Å²) in [5, 5.41) is 0. The minimum Gasteiger partial charge on any atom is -0.492 e. The zero-order chi connectivity index (χ0) is 17.9. The summed E-state index contributed by atoms with van der Waals surface area (Å²) in [6.07, 6.45) is 2.09.